The number of rotatable bonds is 7. The molecule has 0 saturated heterocycles. The molecule has 0 unspecified atom stereocenters. The fraction of sp³-hybridized carbons (Fsp3) is 0.385. The summed E-state index contributed by atoms with van der Waals surface area (Å²) >= 11 is 0. The number of hydrogen-bond acceptors (Lipinski definition) is 4. The Kier molecular flexibility index (Phi) is 5.81. The minimum atomic E-state index is -0.524. The van der Waals surface area contributed by atoms with Crippen LogP contribution in [0, 0.1) is 6.92 Å². The first kappa shape index (κ1) is 15.0. The molecule has 0 fully saturated rings. The van der Waals surface area contributed by atoms with Crippen molar-refractivity contribution in [3.8, 4) is 0 Å². The maximum absolute atomic E-state index is 11.8. The van der Waals surface area contributed by atoms with Gasteiger partial charge in [0.25, 0.3) is 5.91 Å². The molecule has 0 aliphatic heterocycles. The SMILES string of the molecule is CNc1ccc(C(=O)NCCOCC(N)=O)cc1C. The molecule has 0 atom stereocenters. The van der Waals surface area contributed by atoms with Gasteiger partial charge >= 0.3 is 0 Å². The maximum atomic E-state index is 11.8. The number of hydrogen-bond donors (Lipinski definition) is 3. The third-order valence-corrected chi connectivity index (χ3v) is 2.53. The number of carbonyl (C=O) groups is 2. The molecule has 0 aliphatic carbocycles. The van der Waals surface area contributed by atoms with Crippen LogP contribution in [0.15, 0.2) is 18.2 Å². The van der Waals surface area contributed by atoms with Crippen molar-refractivity contribution >= 4 is 17.5 Å². The van der Waals surface area contributed by atoms with Crippen molar-refractivity contribution in [2.45, 2.75) is 6.92 Å². The average Bonchev–Trinajstić information content (AvgIpc) is 2.37. The second-order valence-corrected chi connectivity index (χ2v) is 4.05. The Hall–Kier alpha value is -2.08. The van der Waals surface area contributed by atoms with E-state index < -0.39 is 5.91 Å². The minimum absolute atomic E-state index is 0.133. The van der Waals surface area contributed by atoms with Gasteiger partial charge in [-0.05, 0) is 30.7 Å². The number of amides is 2. The Morgan fingerprint density at radius 2 is 2.11 bits per heavy atom. The van der Waals surface area contributed by atoms with Gasteiger partial charge in [0.05, 0.1) is 6.61 Å². The van der Waals surface area contributed by atoms with E-state index in [9.17, 15) is 9.59 Å². The van der Waals surface area contributed by atoms with E-state index in [0.717, 1.165) is 11.3 Å². The van der Waals surface area contributed by atoms with Gasteiger partial charge in [0, 0.05) is 24.8 Å². The molecule has 0 heterocycles. The van der Waals surface area contributed by atoms with Gasteiger partial charge in [0.2, 0.25) is 5.91 Å². The van der Waals surface area contributed by atoms with Crippen molar-refractivity contribution < 1.29 is 14.3 Å². The zero-order chi connectivity index (χ0) is 14.3. The molecule has 1 aromatic rings. The van der Waals surface area contributed by atoms with Crippen LogP contribution in [-0.2, 0) is 9.53 Å². The highest BCUT2D eigenvalue weighted by Crippen LogP contribution is 2.15. The summed E-state index contributed by atoms with van der Waals surface area (Å²) in [6, 6.07) is 5.41. The van der Waals surface area contributed by atoms with Crippen LogP contribution in [0.3, 0.4) is 0 Å². The molecule has 19 heavy (non-hydrogen) atoms. The summed E-state index contributed by atoms with van der Waals surface area (Å²) in [7, 11) is 1.83. The molecule has 0 aliphatic rings. The molecule has 0 saturated carbocycles. The zero-order valence-electron chi connectivity index (χ0n) is 11.2. The first-order chi connectivity index (χ1) is 9.04. The van der Waals surface area contributed by atoms with Crippen molar-refractivity contribution in [3.63, 3.8) is 0 Å². The van der Waals surface area contributed by atoms with Gasteiger partial charge in [-0.25, -0.2) is 0 Å². The van der Waals surface area contributed by atoms with E-state index in [1.54, 1.807) is 6.07 Å². The third kappa shape index (κ3) is 4.97. The van der Waals surface area contributed by atoms with Gasteiger partial charge in [0.1, 0.15) is 6.61 Å². The zero-order valence-corrected chi connectivity index (χ0v) is 11.2. The van der Waals surface area contributed by atoms with Crippen LogP contribution in [0.4, 0.5) is 5.69 Å². The van der Waals surface area contributed by atoms with Gasteiger partial charge in [-0.2, -0.15) is 0 Å². The largest absolute Gasteiger partial charge is 0.388 e. The summed E-state index contributed by atoms with van der Waals surface area (Å²) in [5.74, 6) is -0.696. The third-order valence-electron chi connectivity index (χ3n) is 2.53. The van der Waals surface area contributed by atoms with E-state index >= 15 is 0 Å². The molecule has 6 heteroatoms. The summed E-state index contributed by atoms with van der Waals surface area (Å²) in [6.45, 7) is 2.38. The van der Waals surface area contributed by atoms with E-state index in [-0.39, 0.29) is 19.1 Å². The first-order valence-corrected chi connectivity index (χ1v) is 5.97. The van der Waals surface area contributed by atoms with Crippen LogP contribution in [0.2, 0.25) is 0 Å². The molecular weight excluding hydrogens is 246 g/mol. The van der Waals surface area contributed by atoms with Crippen LogP contribution < -0.4 is 16.4 Å². The number of ether oxygens (including phenoxy) is 1. The summed E-state index contributed by atoms with van der Waals surface area (Å²) in [5, 5.41) is 5.74. The van der Waals surface area contributed by atoms with E-state index in [1.807, 2.05) is 26.1 Å². The minimum Gasteiger partial charge on any atom is -0.388 e. The molecule has 0 aromatic heterocycles. The highest BCUT2D eigenvalue weighted by atomic mass is 16.5. The number of nitrogens with one attached hydrogen (secondary N) is 2. The predicted octanol–water partition coefficient (Wildman–Crippen LogP) is 0.268. The summed E-state index contributed by atoms with van der Waals surface area (Å²) in [4.78, 5) is 22.2. The Balaban J connectivity index is 2.41. The topological polar surface area (TPSA) is 93.4 Å². The fourth-order valence-electron chi connectivity index (χ4n) is 1.60. The summed E-state index contributed by atoms with van der Waals surface area (Å²) in [5.41, 5.74) is 7.49. The van der Waals surface area contributed by atoms with E-state index in [1.165, 1.54) is 0 Å². The predicted molar refractivity (Wildman–Crippen MR) is 73.1 cm³/mol. The van der Waals surface area contributed by atoms with Crippen molar-refractivity contribution in [2.24, 2.45) is 5.73 Å². The standard InChI is InChI=1S/C13H19N3O3/c1-9-7-10(3-4-11(9)15-2)13(18)16-5-6-19-8-12(14)17/h3-4,7,15H,5-6,8H2,1-2H3,(H2,14,17)(H,16,18). The molecular formula is C13H19N3O3. The van der Waals surface area contributed by atoms with Gasteiger partial charge in [-0.1, -0.05) is 0 Å². The smallest absolute Gasteiger partial charge is 0.251 e. The van der Waals surface area contributed by atoms with Crippen LogP contribution >= 0.6 is 0 Å². The van der Waals surface area contributed by atoms with Crippen LogP contribution in [0.1, 0.15) is 15.9 Å². The van der Waals surface area contributed by atoms with Gasteiger partial charge in [-0.3, -0.25) is 9.59 Å². The summed E-state index contributed by atoms with van der Waals surface area (Å²) in [6.07, 6.45) is 0. The maximum Gasteiger partial charge on any atom is 0.251 e. The molecule has 104 valence electrons. The number of primary amides is 1. The Morgan fingerprint density at radius 3 is 2.68 bits per heavy atom. The second kappa shape index (κ2) is 7.38. The molecule has 2 amide bonds. The van der Waals surface area contributed by atoms with Gasteiger partial charge in [0.15, 0.2) is 0 Å². The molecule has 0 bridgehead atoms. The number of aryl methyl sites for hydroxylation is 1. The normalized spacial score (nSPS) is 10.0. The van der Waals surface area contributed by atoms with E-state index in [4.69, 9.17) is 10.5 Å². The lowest BCUT2D eigenvalue weighted by Crippen LogP contribution is -2.28. The molecule has 4 N–H and O–H groups in total. The Bertz CT molecular complexity index is 460. The lowest BCUT2D eigenvalue weighted by Gasteiger charge is -2.09. The number of carbonyl (C=O) groups excluding carboxylic acids is 2. The van der Waals surface area contributed by atoms with Gasteiger partial charge < -0.3 is 21.1 Å². The quantitative estimate of drug-likeness (QED) is 0.617. The molecule has 6 nitrogen and oxygen atoms in total. The first-order valence-electron chi connectivity index (χ1n) is 5.97. The Morgan fingerprint density at radius 1 is 1.37 bits per heavy atom. The van der Waals surface area contributed by atoms with E-state index in [0.29, 0.717) is 12.1 Å². The highest BCUT2D eigenvalue weighted by Gasteiger charge is 2.06. The second-order valence-electron chi connectivity index (χ2n) is 4.05. The molecule has 1 aromatic carbocycles. The molecule has 0 spiro atoms. The summed E-state index contributed by atoms with van der Waals surface area (Å²) < 4.78 is 4.94. The van der Waals surface area contributed by atoms with Crippen molar-refractivity contribution in [2.75, 3.05) is 32.1 Å². The number of nitrogens with two attached hydrogens (primary N) is 1. The average molecular weight is 265 g/mol. The Labute approximate surface area is 112 Å². The molecule has 0 radical (unpaired) electrons. The van der Waals surface area contributed by atoms with Crippen LogP contribution in [0.25, 0.3) is 0 Å². The highest BCUT2D eigenvalue weighted by molar-refractivity contribution is 5.94. The van der Waals surface area contributed by atoms with Crippen LogP contribution in [-0.4, -0.2) is 38.6 Å². The lowest BCUT2D eigenvalue weighted by atomic mass is 10.1. The van der Waals surface area contributed by atoms with Crippen LogP contribution in [0.5, 0.6) is 0 Å². The molecule has 1 rings (SSSR count). The fourth-order valence-corrected chi connectivity index (χ4v) is 1.60. The van der Waals surface area contributed by atoms with Crippen molar-refractivity contribution in [3.05, 3.63) is 29.3 Å². The van der Waals surface area contributed by atoms with Crippen molar-refractivity contribution in [1.82, 2.24) is 5.32 Å². The monoisotopic (exact) mass is 265 g/mol. The van der Waals surface area contributed by atoms with Crippen molar-refractivity contribution in [1.29, 1.82) is 0 Å². The van der Waals surface area contributed by atoms with Gasteiger partial charge in [-0.15, -0.1) is 0 Å². The van der Waals surface area contributed by atoms with E-state index in [2.05, 4.69) is 10.6 Å². The lowest BCUT2D eigenvalue weighted by molar-refractivity contribution is -0.122. The number of benzene rings is 1. The number of anilines is 1.